The van der Waals surface area contributed by atoms with Crippen LogP contribution in [0.1, 0.15) is 24.2 Å². The fourth-order valence-corrected chi connectivity index (χ4v) is 3.40. The Balaban J connectivity index is 2.23. The van der Waals surface area contributed by atoms with Gasteiger partial charge in [-0.3, -0.25) is 9.52 Å². The molecule has 2 aromatic rings. The molecule has 0 saturated carbocycles. The second-order valence-corrected chi connectivity index (χ2v) is 7.73. The quantitative estimate of drug-likeness (QED) is 0.640. The minimum absolute atomic E-state index is 0.0127. The smallest absolute Gasteiger partial charge is 0.262 e. The van der Waals surface area contributed by atoms with E-state index < -0.39 is 10.0 Å². The molecule has 2 rings (SSSR count). The molecule has 0 heterocycles. The van der Waals surface area contributed by atoms with Crippen molar-refractivity contribution in [1.29, 1.82) is 0 Å². The van der Waals surface area contributed by atoms with Crippen LogP contribution in [0.3, 0.4) is 0 Å². The lowest BCUT2D eigenvalue weighted by Gasteiger charge is -2.16. The molecule has 0 radical (unpaired) electrons. The highest BCUT2D eigenvalue weighted by molar-refractivity contribution is 7.92. The third kappa shape index (κ3) is 5.97. The SMILES string of the molecule is COCCNC(=O)c1cccc(S(=O)(=O)Nc2ccccc2OC(C)C)c1. The van der Waals surface area contributed by atoms with Gasteiger partial charge in [-0.15, -0.1) is 0 Å². The highest BCUT2D eigenvalue weighted by Gasteiger charge is 2.18. The Morgan fingerprint density at radius 1 is 1.11 bits per heavy atom. The zero-order valence-electron chi connectivity index (χ0n) is 15.6. The maximum Gasteiger partial charge on any atom is 0.262 e. The third-order valence-corrected chi connectivity index (χ3v) is 4.86. The second-order valence-electron chi connectivity index (χ2n) is 6.04. The first-order valence-electron chi connectivity index (χ1n) is 8.49. The molecule has 0 unspecified atom stereocenters. The predicted molar refractivity (Wildman–Crippen MR) is 104 cm³/mol. The van der Waals surface area contributed by atoms with Crippen LogP contribution in [0.5, 0.6) is 5.75 Å². The summed E-state index contributed by atoms with van der Waals surface area (Å²) in [5, 5.41) is 2.66. The fraction of sp³-hybridized carbons (Fsp3) is 0.316. The Hall–Kier alpha value is -2.58. The number of sulfonamides is 1. The minimum atomic E-state index is -3.89. The van der Waals surface area contributed by atoms with Gasteiger partial charge in [0.15, 0.2) is 0 Å². The maximum absolute atomic E-state index is 12.8. The van der Waals surface area contributed by atoms with Crippen LogP contribution < -0.4 is 14.8 Å². The summed E-state index contributed by atoms with van der Waals surface area (Å²) in [6, 6.07) is 12.6. The Kier molecular flexibility index (Phi) is 7.20. The van der Waals surface area contributed by atoms with Gasteiger partial charge >= 0.3 is 0 Å². The van der Waals surface area contributed by atoms with Gasteiger partial charge in [0, 0.05) is 19.2 Å². The van der Waals surface area contributed by atoms with E-state index in [-0.39, 0.29) is 22.5 Å². The van der Waals surface area contributed by atoms with E-state index in [1.807, 2.05) is 13.8 Å². The van der Waals surface area contributed by atoms with Gasteiger partial charge in [0.2, 0.25) is 0 Å². The van der Waals surface area contributed by atoms with Crippen molar-refractivity contribution in [2.24, 2.45) is 0 Å². The summed E-state index contributed by atoms with van der Waals surface area (Å²) in [5.41, 5.74) is 0.585. The van der Waals surface area contributed by atoms with Crippen LogP contribution in [-0.2, 0) is 14.8 Å². The molecule has 0 spiro atoms. The lowest BCUT2D eigenvalue weighted by molar-refractivity contribution is 0.0937. The molecule has 0 fully saturated rings. The van der Waals surface area contributed by atoms with Crippen LogP contribution in [-0.4, -0.2) is 40.7 Å². The van der Waals surface area contributed by atoms with Crippen molar-refractivity contribution >= 4 is 21.6 Å². The molecule has 0 aliphatic rings. The van der Waals surface area contributed by atoms with Gasteiger partial charge in [-0.2, -0.15) is 0 Å². The summed E-state index contributed by atoms with van der Waals surface area (Å²) < 4.78 is 38.6. The number of benzene rings is 2. The Labute approximate surface area is 159 Å². The van der Waals surface area contributed by atoms with Crippen LogP contribution in [0.4, 0.5) is 5.69 Å². The molecule has 0 saturated heterocycles. The molecule has 0 aliphatic carbocycles. The van der Waals surface area contributed by atoms with Crippen molar-refractivity contribution in [2.75, 3.05) is 25.0 Å². The lowest BCUT2D eigenvalue weighted by atomic mass is 10.2. The number of hydrogen-bond acceptors (Lipinski definition) is 5. The first-order valence-corrected chi connectivity index (χ1v) is 9.97. The molecule has 0 aliphatic heterocycles. The number of rotatable bonds is 9. The van der Waals surface area contributed by atoms with E-state index in [9.17, 15) is 13.2 Å². The zero-order valence-corrected chi connectivity index (χ0v) is 16.4. The van der Waals surface area contributed by atoms with E-state index in [2.05, 4.69) is 10.0 Å². The summed E-state index contributed by atoms with van der Waals surface area (Å²) in [7, 11) is -2.35. The molecule has 146 valence electrons. The number of para-hydroxylation sites is 2. The van der Waals surface area contributed by atoms with E-state index in [0.717, 1.165) is 0 Å². The molecule has 2 aromatic carbocycles. The van der Waals surface area contributed by atoms with Crippen molar-refractivity contribution in [3.63, 3.8) is 0 Å². The van der Waals surface area contributed by atoms with Crippen molar-refractivity contribution in [3.8, 4) is 5.75 Å². The van der Waals surface area contributed by atoms with Crippen molar-refractivity contribution in [1.82, 2.24) is 5.32 Å². The number of amides is 1. The van der Waals surface area contributed by atoms with E-state index in [1.165, 1.54) is 25.3 Å². The monoisotopic (exact) mass is 392 g/mol. The van der Waals surface area contributed by atoms with Crippen molar-refractivity contribution < 1.29 is 22.7 Å². The van der Waals surface area contributed by atoms with Gasteiger partial charge < -0.3 is 14.8 Å². The molecule has 0 atom stereocenters. The van der Waals surface area contributed by atoms with Gasteiger partial charge in [0.1, 0.15) is 5.75 Å². The molecule has 27 heavy (non-hydrogen) atoms. The maximum atomic E-state index is 12.8. The highest BCUT2D eigenvalue weighted by Crippen LogP contribution is 2.27. The molecule has 8 heteroatoms. The molecular formula is C19H24N2O5S. The highest BCUT2D eigenvalue weighted by atomic mass is 32.2. The molecule has 0 bridgehead atoms. The van der Waals surface area contributed by atoms with E-state index >= 15 is 0 Å². The van der Waals surface area contributed by atoms with Gasteiger partial charge in [0.25, 0.3) is 15.9 Å². The van der Waals surface area contributed by atoms with Gasteiger partial charge in [0.05, 0.1) is 23.3 Å². The lowest BCUT2D eigenvalue weighted by Crippen LogP contribution is -2.27. The topological polar surface area (TPSA) is 93.7 Å². The number of ether oxygens (including phenoxy) is 2. The number of carbonyl (C=O) groups excluding carboxylic acids is 1. The summed E-state index contributed by atoms with van der Waals surface area (Å²) in [6.07, 6.45) is -0.102. The van der Waals surface area contributed by atoms with Crippen LogP contribution in [0, 0.1) is 0 Å². The summed E-state index contributed by atoms with van der Waals surface area (Å²) in [4.78, 5) is 12.1. The Morgan fingerprint density at radius 3 is 2.56 bits per heavy atom. The van der Waals surface area contributed by atoms with E-state index in [0.29, 0.717) is 24.6 Å². The summed E-state index contributed by atoms with van der Waals surface area (Å²) in [6.45, 7) is 4.43. The molecule has 7 nitrogen and oxygen atoms in total. The standard InChI is InChI=1S/C19H24N2O5S/c1-14(2)26-18-10-5-4-9-17(18)21-27(23,24)16-8-6-7-15(13-16)19(22)20-11-12-25-3/h4-10,13-14,21H,11-12H2,1-3H3,(H,20,22). The number of nitrogens with one attached hydrogen (secondary N) is 2. The summed E-state index contributed by atoms with van der Waals surface area (Å²) >= 11 is 0. The normalized spacial score (nSPS) is 11.3. The van der Waals surface area contributed by atoms with Gasteiger partial charge in [-0.1, -0.05) is 18.2 Å². The zero-order chi connectivity index (χ0) is 19.9. The van der Waals surface area contributed by atoms with Crippen molar-refractivity contribution in [3.05, 3.63) is 54.1 Å². The average Bonchev–Trinajstić information content (AvgIpc) is 2.63. The summed E-state index contributed by atoms with van der Waals surface area (Å²) in [5.74, 6) is 0.0668. The fourth-order valence-electron chi connectivity index (χ4n) is 2.28. The minimum Gasteiger partial charge on any atom is -0.489 e. The molecule has 1 amide bonds. The number of methoxy groups -OCH3 is 1. The Morgan fingerprint density at radius 2 is 1.85 bits per heavy atom. The number of anilines is 1. The molecule has 2 N–H and O–H groups in total. The molecule has 0 aromatic heterocycles. The van der Waals surface area contributed by atoms with Gasteiger partial charge in [-0.05, 0) is 44.2 Å². The van der Waals surface area contributed by atoms with Crippen LogP contribution in [0.15, 0.2) is 53.4 Å². The van der Waals surface area contributed by atoms with E-state index in [4.69, 9.17) is 9.47 Å². The van der Waals surface area contributed by atoms with E-state index in [1.54, 1.807) is 30.3 Å². The molecular weight excluding hydrogens is 368 g/mol. The van der Waals surface area contributed by atoms with Crippen LogP contribution >= 0.6 is 0 Å². The second kappa shape index (κ2) is 9.38. The van der Waals surface area contributed by atoms with Crippen LogP contribution in [0.2, 0.25) is 0 Å². The predicted octanol–water partition coefficient (Wildman–Crippen LogP) is 2.65. The number of hydrogen-bond donors (Lipinski definition) is 2. The van der Waals surface area contributed by atoms with Crippen molar-refractivity contribution in [2.45, 2.75) is 24.8 Å². The third-order valence-electron chi connectivity index (χ3n) is 3.49. The Bertz CT molecular complexity index is 881. The average molecular weight is 392 g/mol. The van der Waals surface area contributed by atoms with Gasteiger partial charge in [-0.25, -0.2) is 8.42 Å². The first kappa shape index (κ1) is 20.7. The van der Waals surface area contributed by atoms with Crippen LogP contribution in [0.25, 0.3) is 0 Å². The largest absolute Gasteiger partial charge is 0.489 e. The number of carbonyl (C=O) groups is 1. The first-order chi connectivity index (χ1) is 12.8.